The van der Waals surface area contributed by atoms with E-state index in [-0.39, 0.29) is 23.6 Å². The number of rotatable bonds is 7. The highest BCUT2D eigenvalue weighted by molar-refractivity contribution is 5.92. The Morgan fingerprint density at radius 3 is 2.41 bits per heavy atom. The van der Waals surface area contributed by atoms with Crippen LogP contribution in [-0.4, -0.2) is 25.7 Å². The number of hydrogen-bond acceptors (Lipinski definition) is 4. The van der Waals surface area contributed by atoms with Gasteiger partial charge in [-0.15, -0.1) is 0 Å². The fourth-order valence-corrected chi connectivity index (χ4v) is 3.02. The molecule has 0 bridgehead atoms. The Labute approximate surface area is 168 Å². The second kappa shape index (κ2) is 9.41. The first-order valence-corrected chi connectivity index (χ1v) is 9.35. The van der Waals surface area contributed by atoms with Gasteiger partial charge in [-0.3, -0.25) is 4.79 Å². The van der Waals surface area contributed by atoms with Gasteiger partial charge in [-0.2, -0.15) is 8.78 Å². The molecule has 1 aliphatic heterocycles. The third kappa shape index (κ3) is 5.70. The zero-order valence-corrected chi connectivity index (χ0v) is 16.2. The number of benzene rings is 2. The van der Waals surface area contributed by atoms with Crippen molar-refractivity contribution in [3.8, 4) is 17.2 Å². The number of amides is 1. The minimum absolute atomic E-state index is 0.0695. The molecule has 0 radical (unpaired) electrons. The largest absolute Gasteiger partial charge is 0.486 e. The van der Waals surface area contributed by atoms with Crippen molar-refractivity contribution in [3.63, 3.8) is 0 Å². The molecule has 1 aliphatic rings. The quantitative estimate of drug-likeness (QED) is 0.688. The van der Waals surface area contributed by atoms with Gasteiger partial charge >= 0.3 is 6.61 Å². The molecule has 5 nitrogen and oxygen atoms in total. The molecule has 1 atom stereocenters. The third-order valence-electron chi connectivity index (χ3n) is 4.42. The van der Waals surface area contributed by atoms with Crippen LogP contribution in [0.15, 0.2) is 48.5 Å². The SMILES string of the molecule is CC(C)[C@@H](NC(=O)/C=C/c1ccc(OC(F)F)cc1)c1ccc2c(c1)OCCO2. The summed E-state index contributed by atoms with van der Waals surface area (Å²) >= 11 is 0. The number of halogens is 2. The van der Waals surface area contributed by atoms with Gasteiger partial charge in [0.2, 0.25) is 5.91 Å². The van der Waals surface area contributed by atoms with E-state index in [1.54, 1.807) is 18.2 Å². The molecule has 0 spiro atoms. The second-order valence-electron chi connectivity index (χ2n) is 6.91. The van der Waals surface area contributed by atoms with E-state index in [0.29, 0.717) is 30.3 Å². The molecular weight excluding hydrogens is 380 g/mol. The summed E-state index contributed by atoms with van der Waals surface area (Å²) in [7, 11) is 0. The molecule has 29 heavy (non-hydrogen) atoms. The second-order valence-corrected chi connectivity index (χ2v) is 6.91. The fraction of sp³-hybridized carbons (Fsp3) is 0.318. The van der Waals surface area contributed by atoms with Crippen LogP contribution >= 0.6 is 0 Å². The number of fused-ring (bicyclic) bond motifs is 1. The minimum Gasteiger partial charge on any atom is -0.486 e. The van der Waals surface area contributed by atoms with Crippen LogP contribution in [-0.2, 0) is 4.79 Å². The van der Waals surface area contributed by atoms with Crippen LogP contribution in [0.4, 0.5) is 8.78 Å². The fourth-order valence-electron chi connectivity index (χ4n) is 3.02. The lowest BCUT2D eigenvalue weighted by Crippen LogP contribution is -2.30. The predicted molar refractivity (Wildman–Crippen MR) is 105 cm³/mol. The average Bonchev–Trinajstić information content (AvgIpc) is 2.70. The predicted octanol–water partition coefficient (Wildman–Crippen LogP) is 4.59. The van der Waals surface area contributed by atoms with Crippen molar-refractivity contribution in [1.82, 2.24) is 5.32 Å². The third-order valence-corrected chi connectivity index (χ3v) is 4.42. The zero-order chi connectivity index (χ0) is 20.8. The van der Waals surface area contributed by atoms with E-state index in [0.717, 1.165) is 5.56 Å². The number of carbonyl (C=O) groups excluding carboxylic acids is 1. The molecule has 1 heterocycles. The number of ether oxygens (including phenoxy) is 3. The van der Waals surface area contributed by atoms with E-state index in [2.05, 4.69) is 10.1 Å². The normalized spacial score (nSPS) is 14.3. The molecule has 7 heteroatoms. The van der Waals surface area contributed by atoms with E-state index in [4.69, 9.17) is 9.47 Å². The Morgan fingerprint density at radius 2 is 1.76 bits per heavy atom. The van der Waals surface area contributed by atoms with Gasteiger partial charge in [-0.05, 0) is 47.4 Å². The topological polar surface area (TPSA) is 56.8 Å². The smallest absolute Gasteiger partial charge is 0.387 e. The molecule has 0 saturated heterocycles. The van der Waals surface area contributed by atoms with E-state index in [1.165, 1.54) is 18.2 Å². The molecule has 154 valence electrons. The van der Waals surface area contributed by atoms with Crippen molar-refractivity contribution in [2.24, 2.45) is 5.92 Å². The van der Waals surface area contributed by atoms with Crippen molar-refractivity contribution in [2.75, 3.05) is 13.2 Å². The van der Waals surface area contributed by atoms with Crippen molar-refractivity contribution >= 4 is 12.0 Å². The van der Waals surface area contributed by atoms with Crippen molar-refractivity contribution < 1.29 is 27.8 Å². The summed E-state index contributed by atoms with van der Waals surface area (Å²) in [4.78, 5) is 12.4. The molecule has 0 fully saturated rings. The standard InChI is InChI=1S/C22H23F2NO4/c1-14(2)21(16-6-9-18-19(13-16)28-12-11-27-18)25-20(26)10-5-15-3-7-17(8-4-15)29-22(23)24/h3-10,13-14,21-22H,11-12H2,1-2H3,(H,25,26)/b10-5+/t21-/m1/s1. The lowest BCUT2D eigenvalue weighted by molar-refractivity contribution is -0.117. The number of nitrogens with one attached hydrogen (secondary N) is 1. The molecule has 2 aromatic rings. The van der Waals surface area contributed by atoms with Gasteiger partial charge in [0, 0.05) is 6.08 Å². The highest BCUT2D eigenvalue weighted by Gasteiger charge is 2.20. The number of hydrogen-bond donors (Lipinski definition) is 1. The Morgan fingerprint density at radius 1 is 1.07 bits per heavy atom. The number of carbonyl (C=O) groups is 1. The Hall–Kier alpha value is -3.09. The van der Waals surface area contributed by atoms with Crippen LogP contribution in [0, 0.1) is 5.92 Å². The average molecular weight is 403 g/mol. The summed E-state index contributed by atoms with van der Waals surface area (Å²) in [5.41, 5.74) is 1.63. The minimum atomic E-state index is -2.87. The Bertz CT molecular complexity index is 866. The van der Waals surface area contributed by atoms with Crippen molar-refractivity contribution in [1.29, 1.82) is 0 Å². The van der Waals surface area contributed by atoms with Gasteiger partial charge in [0.25, 0.3) is 0 Å². The summed E-state index contributed by atoms with van der Waals surface area (Å²) < 4.78 is 39.9. The first-order valence-electron chi connectivity index (χ1n) is 9.35. The maximum absolute atomic E-state index is 12.4. The first kappa shape index (κ1) is 20.6. The van der Waals surface area contributed by atoms with Gasteiger partial charge in [0.15, 0.2) is 11.5 Å². The summed E-state index contributed by atoms with van der Waals surface area (Å²) in [5, 5.41) is 3.00. The van der Waals surface area contributed by atoms with Crippen LogP contribution in [0.1, 0.15) is 31.0 Å². The molecule has 2 aromatic carbocycles. The molecule has 3 rings (SSSR count). The lowest BCUT2D eigenvalue weighted by Gasteiger charge is -2.25. The highest BCUT2D eigenvalue weighted by atomic mass is 19.3. The summed E-state index contributed by atoms with van der Waals surface area (Å²) in [6, 6.07) is 11.5. The Balaban J connectivity index is 1.66. The first-order chi connectivity index (χ1) is 13.9. The summed E-state index contributed by atoms with van der Waals surface area (Å²) in [6.45, 7) is 2.20. The summed E-state index contributed by atoms with van der Waals surface area (Å²) in [5.74, 6) is 1.34. The maximum atomic E-state index is 12.4. The molecule has 1 N–H and O–H groups in total. The van der Waals surface area contributed by atoms with Gasteiger partial charge in [0.05, 0.1) is 6.04 Å². The van der Waals surface area contributed by atoms with Crippen molar-refractivity contribution in [2.45, 2.75) is 26.5 Å². The maximum Gasteiger partial charge on any atom is 0.387 e. The molecule has 0 aromatic heterocycles. The van der Waals surface area contributed by atoms with Crippen LogP contribution < -0.4 is 19.5 Å². The zero-order valence-electron chi connectivity index (χ0n) is 16.2. The van der Waals surface area contributed by atoms with Gasteiger partial charge in [-0.1, -0.05) is 32.0 Å². The van der Waals surface area contributed by atoms with Gasteiger partial charge in [-0.25, -0.2) is 0 Å². The van der Waals surface area contributed by atoms with E-state index in [9.17, 15) is 13.6 Å². The van der Waals surface area contributed by atoms with Crippen LogP contribution in [0.3, 0.4) is 0 Å². The molecule has 0 aliphatic carbocycles. The van der Waals surface area contributed by atoms with Gasteiger partial charge < -0.3 is 19.5 Å². The van der Waals surface area contributed by atoms with Crippen LogP contribution in [0.25, 0.3) is 6.08 Å². The van der Waals surface area contributed by atoms with Crippen molar-refractivity contribution in [3.05, 3.63) is 59.7 Å². The Kier molecular flexibility index (Phi) is 6.69. The van der Waals surface area contributed by atoms with E-state index >= 15 is 0 Å². The number of alkyl halides is 2. The molecular formula is C22H23F2NO4. The molecule has 1 amide bonds. The van der Waals surface area contributed by atoms with Gasteiger partial charge in [0.1, 0.15) is 19.0 Å². The molecule has 0 saturated carbocycles. The highest BCUT2D eigenvalue weighted by Crippen LogP contribution is 2.34. The monoisotopic (exact) mass is 403 g/mol. The van der Waals surface area contributed by atoms with E-state index in [1.807, 2.05) is 32.0 Å². The van der Waals surface area contributed by atoms with Crippen LogP contribution in [0.2, 0.25) is 0 Å². The van der Waals surface area contributed by atoms with E-state index < -0.39 is 6.61 Å². The molecule has 0 unspecified atom stereocenters. The summed E-state index contributed by atoms with van der Waals surface area (Å²) in [6.07, 6.45) is 3.03. The van der Waals surface area contributed by atoms with Crippen LogP contribution in [0.5, 0.6) is 17.2 Å². The lowest BCUT2D eigenvalue weighted by atomic mass is 9.95.